The van der Waals surface area contributed by atoms with Crippen molar-refractivity contribution in [3.05, 3.63) is 45.7 Å². The van der Waals surface area contributed by atoms with Crippen molar-refractivity contribution >= 4 is 34.7 Å². The lowest BCUT2D eigenvalue weighted by Crippen LogP contribution is -2.35. The Hall–Kier alpha value is -2.46. The van der Waals surface area contributed by atoms with E-state index in [9.17, 15) is 0 Å². The number of hydrogen-bond donors (Lipinski definition) is 2. The Morgan fingerprint density at radius 2 is 1.97 bits per heavy atom. The highest BCUT2D eigenvalue weighted by molar-refractivity contribution is 6.33. The molecule has 0 saturated carbocycles. The van der Waals surface area contributed by atoms with Crippen LogP contribution in [0.15, 0.2) is 28.8 Å². The average molecular weight is 490 g/mol. The lowest BCUT2D eigenvalue weighted by Gasteiger charge is -2.31. The second-order valence-electron chi connectivity index (χ2n) is 8.34. The van der Waals surface area contributed by atoms with E-state index in [1.54, 1.807) is 6.07 Å². The molecule has 2 aliphatic rings. The first-order valence-corrected chi connectivity index (χ1v) is 11.8. The molecule has 0 spiro atoms. The monoisotopic (exact) mass is 489 g/mol. The van der Waals surface area contributed by atoms with E-state index < -0.39 is 0 Å². The number of β-amino-alcohol motifs (C(OH)–C–C–N with tert-alkyl or cyclic N) is 1. The Balaban J connectivity index is 1.35. The number of aliphatic hydroxyl groups excluding tert-OH is 1. The summed E-state index contributed by atoms with van der Waals surface area (Å²) in [6, 6.07) is 7.41. The number of anilines is 2. The number of halogens is 2. The smallest absolute Gasteiger partial charge is 0.278 e. The number of likely N-dealkylation sites (tertiary alicyclic amines) is 1. The molecule has 2 aliphatic heterocycles. The largest absolute Gasteiger partial charge is 0.395 e. The van der Waals surface area contributed by atoms with Gasteiger partial charge in [-0.25, -0.2) is 0 Å². The molecule has 174 valence electrons. The normalized spacial score (nSPS) is 17.1. The van der Waals surface area contributed by atoms with Gasteiger partial charge in [0.15, 0.2) is 17.3 Å². The van der Waals surface area contributed by atoms with E-state index >= 15 is 0 Å². The molecule has 5 rings (SSSR count). The van der Waals surface area contributed by atoms with E-state index in [4.69, 9.17) is 32.8 Å². The fraction of sp³-hybridized carbons (Fsp3) is 0.455. The van der Waals surface area contributed by atoms with Gasteiger partial charge in [-0.3, -0.25) is 0 Å². The number of benzene rings is 1. The van der Waals surface area contributed by atoms with Gasteiger partial charge < -0.3 is 24.7 Å². The van der Waals surface area contributed by atoms with Crippen molar-refractivity contribution in [3.63, 3.8) is 0 Å². The third-order valence-electron chi connectivity index (χ3n) is 6.19. The van der Waals surface area contributed by atoms with Crippen molar-refractivity contribution < 1.29 is 9.63 Å². The Morgan fingerprint density at radius 3 is 2.79 bits per heavy atom. The molecule has 9 nitrogen and oxygen atoms in total. The minimum absolute atomic E-state index is 0.184. The molecular formula is C22H25Cl2N7O2. The van der Waals surface area contributed by atoms with Crippen LogP contribution in [0.25, 0.3) is 11.6 Å². The number of aromatic nitrogens is 4. The van der Waals surface area contributed by atoms with E-state index in [2.05, 4.69) is 35.5 Å². The Morgan fingerprint density at radius 1 is 1.12 bits per heavy atom. The summed E-state index contributed by atoms with van der Waals surface area (Å²) in [5.41, 5.74) is 2.39. The lowest BCUT2D eigenvalue weighted by atomic mass is 9.96. The van der Waals surface area contributed by atoms with Gasteiger partial charge in [0.25, 0.3) is 5.89 Å². The minimum atomic E-state index is 0.184. The van der Waals surface area contributed by atoms with Gasteiger partial charge in [0, 0.05) is 42.1 Å². The van der Waals surface area contributed by atoms with Gasteiger partial charge in [-0.1, -0.05) is 28.4 Å². The van der Waals surface area contributed by atoms with E-state index in [1.807, 2.05) is 18.2 Å². The zero-order chi connectivity index (χ0) is 22.8. The predicted molar refractivity (Wildman–Crippen MR) is 127 cm³/mol. The van der Waals surface area contributed by atoms with E-state index in [0.29, 0.717) is 46.4 Å². The van der Waals surface area contributed by atoms with Crippen molar-refractivity contribution in [3.8, 4) is 11.6 Å². The molecule has 0 unspecified atom stereocenters. The van der Waals surface area contributed by atoms with Gasteiger partial charge in [-0.2, -0.15) is 4.98 Å². The van der Waals surface area contributed by atoms with Crippen molar-refractivity contribution in [1.29, 1.82) is 0 Å². The first kappa shape index (κ1) is 22.3. The van der Waals surface area contributed by atoms with Gasteiger partial charge in [0.2, 0.25) is 0 Å². The molecule has 33 heavy (non-hydrogen) atoms. The van der Waals surface area contributed by atoms with Crippen LogP contribution in [-0.2, 0) is 6.54 Å². The van der Waals surface area contributed by atoms with Crippen LogP contribution in [-0.4, -0.2) is 69.7 Å². The third kappa shape index (κ3) is 4.91. The first-order valence-electron chi connectivity index (χ1n) is 11.1. The molecule has 4 heterocycles. The highest BCUT2D eigenvalue weighted by Gasteiger charge is 2.26. The quantitative estimate of drug-likeness (QED) is 0.538. The van der Waals surface area contributed by atoms with Crippen LogP contribution >= 0.6 is 23.2 Å². The van der Waals surface area contributed by atoms with Crippen molar-refractivity contribution in [2.24, 2.45) is 0 Å². The summed E-state index contributed by atoms with van der Waals surface area (Å²) in [5.74, 6) is 2.02. The van der Waals surface area contributed by atoms with Crippen LogP contribution in [0.4, 0.5) is 11.5 Å². The lowest BCUT2D eigenvalue weighted by molar-refractivity contribution is 0.162. The fourth-order valence-corrected chi connectivity index (χ4v) is 4.75. The van der Waals surface area contributed by atoms with Crippen LogP contribution in [0.2, 0.25) is 10.0 Å². The van der Waals surface area contributed by atoms with E-state index in [1.165, 1.54) is 0 Å². The SMILES string of the molecule is OCCN1CCC(c2noc(-c3cc4c(nn3)NCCN4Cc3cc(Cl)ccc3Cl)n2)CC1. The molecule has 0 aliphatic carbocycles. The highest BCUT2D eigenvalue weighted by Crippen LogP contribution is 2.33. The van der Waals surface area contributed by atoms with Crippen LogP contribution in [0.1, 0.15) is 30.1 Å². The summed E-state index contributed by atoms with van der Waals surface area (Å²) >= 11 is 12.6. The van der Waals surface area contributed by atoms with Crippen LogP contribution in [0, 0.1) is 0 Å². The van der Waals surface area contributed by atoms with Crippen molar-refractivity contribution in [2.45, 2.75) is 25.3 Å². The first-order chi connectivity index (χ1) is 16.1. The molecule has 2 N–H and O–H groups in total. The van der Waals surface area contributed by atoms with E-state index in [-0.39, 0.29) is 12.5 Å². The van der Waals surface area contributed by atoms with Gasteiger partial charge in [-0.05, 0) is 55.8 Å². The molecule has 0 atom stereocenters. The number of nitrogens with zero attached hydrogens (tertiary/aromatic N) is 6. The van der Waals surface area contributed by atoms with Gasteiger partial charge in [0.05, 0.1) is 12.3 Å². The van der Waals surface area contributed by atoms with Crippen LogP contribution in [0.3, 0.4) is 0 Å². The zero-order valence-electron chi connectivity index (χ0n) is 18.0. The van der Waals surface area contributed by atoms with Crippen molar-refractivity contribution in [1.82, 2.24) is 25.2 Å². The molecule has 1 saturated heterocycles. The number of rotatable bonds is 6. The summed E-state index contributed by atoms with van der Waals surface area (Å²) < 4.78 is 5.56. The van der Waals surface area contributed by atoms with Gasteiger partial charge >= 0.3 is 0 Å². The average Bonchev–Trinajstić information content (AvgIpc) is 3.32. The molecule has 11 heteroatoms. The number of fused-ring (bicyclic) bond motifs is 1. The molecule has 0 amide bonds. The molecule has 0 radical (unpaired) electrons. The van der Waals surface area contributed by atoms with Crippen LogP contribution in [0.5, 0.6) is 0 Å². The number of piperidine rings is 1. The second-order valence-corrected chi connectivity index (χ2v) is 9.19. The Bertz CT molecular complexity index is 1120. The summed E-state index contributed by atoms with van der Waals surface area (Å²) in [4.78, 5) is 9.07. The maximum atomic E-state index is 9.13. The molecular weight excluding hydrogens is 465 g/mol. The minimum Gasteiger partial charge on any atom is -0.395 e. The summed E-state index contributed by atoms with van der Waals surface area (Å²) in [6.45, 7) is 4.85. The standard InChI is InChI=1S/C22H25Cl2N7O2/c23-16-1-2-17(24)15(11-16)13-31-8-5-25-21-19(31)12-18(27-28-21)22-26-20(29-33-22)14-3-6-30(7-4-14)9-10-32/h1-2,11-12,14,32H,3-10,13H2,(H,25,28). The molecule has 1 aromatic carbocycles. The molecule has 0 bridgehead atoms. The second kappa shape index (κ2) is 9.80. The van der Waals surface area contributed by atoms with Crippen LogP contribution < -0.4 is 10.2 Å². The highest BCUT2D eigenvalue weighted by atomic mass is 35.5. The maximum Gasteiger partial charge on any atom is 0.278 e. The summed E-state index contributed by atoms with van der Waals surface area (Å²) in [7, 11) is 0. The van der Waals surface area contributed by atoms with Gasteiger partial charge in [0.1, 0.15) is 0 Å². The number of nitrogens with one attached hydrogen (secondary N) is 1. The van der Waals surface area contributed by atoms with Crippen molar-refractivity contribution in [2.75, 3.05) is 49.5 Å². The van der Waals surface area contributed by atoms with E-state index in [0.717, 1.165) is 50.3 Å². The summed E-state index contributed by atoms with van der Waals surface area (Å²) in [5, 5.41) is 26.6. The molecule has 1 fully saturated rings. The summed E-state index contributed by atoms with van der Waals surface area (Å²) in [6.07, 6.45) is 1.87. The van der Waals surface area contributed by atoms with Gasteiger partial charge in [-0.15, -0.1) is 10.2 Å². The fourth-order valence-electron chi connectivity index (χ4n) is 4.38. The molecule has 2 aromatic heterocycles. The number of hydrogen-bond acceptors (Lipinski definition) is 9. The topological polar surface area (TPSA) is 103 Å². The molecule has 3 aromatic rings. The Kier molecular flexibility index (Phi) is 6.64. The predicted octanol–water partition coefficient (Wildman–Crippen LogP) is 3.44. The Labute approximate surface area is 201 Å². The number of aliphatic hydroxyl groups is 1. The zero-order valence-corrected chi connectivity index (χ0v) is 19.6. The maximum absolute atomic E-state index is 9.13. The third-order valence-corrected chi connectivity index (χ3v) is 6.79.